The third kappa shape index (κ3) is 5.43. The minimum absolute atomic E-state index is 0.297. The molecule has 2 heterocycles. The van der Waals surface area contributed by atoms with Gasteiger partial charge >= 0.3 is 0 Å². The summed E-state index contributed by atoms with van der Waals surface area (Å²) >= 11 is 0. The van der Waals surface area contributed by atoms with E-state index >= 15 is 0 Å². The van der Waals surface area contributed by atoms with Gasteiger partial charge in [0.25, 0.3) is 10.2 Å². The van der Waals surface area contributed by atoms with Crippen LogP contribution in [0, 0.1) is 11.7 Å². The van der Waals surface area contributed by atoms with Crippen molar-refractivity contribution in [3.05, 3.63) is 42.1 Å². The van der Waals surface area contributed by atoms with Gasteiger partial charge in [-0.05, 0) is 43.7 Å². The molecule has 0 bridgehead atoms. The first-order valence-electron chi connectivity index (χ1n) is 9.22. The minimum atomic E-state index is -3.38. The number of halogens is 1. The molecule has 0 aromatic carbocycles. The molecule has 0 atom stereocenters. The lowest BCUT2D eigenvalue weighted by Gasteiger charge is -2.28. The smallest absolute Gasteiger partial charge is 0.278 e. The van der Waals surface area contributed by atoms with Crippen molar-refractivity contribution in [1.82, 2.24) is 24.0 Å². The topological polar surface area (TPSA) is 100 Å². The fourth-order valence-electron chi connectivity index (χ4n) is 3.26. The number of hydrogen-bond donors (Lipinski definition) is 2. The number of aromatic nitrogens is 3. The minimum Gasteiger partial charge on any atom is -0.309 e. The van der Waals surface area contributed by atoms with Gasteiger partial charge in [-0.15, -0.1) is 0 Å². The fraction of sp³-hybridized carbons (Fsp3) is 0.500. The van der Waals surface area contributed by atoms with Crippen molar-refractivity contribution in [3.63, 3.8) is 0 Å². The Kier molecular flexibility index (Phi) is 6.53. The highest BCUT2D eigenvalue weighted by atomic mass is 32.2. The van der Waals surface area contributed by atoms with Crippen LogP contribution in [-0.4, -0.2) is 48.3 Å². The molecule has 3 rings (SSSR count). The zero-order valence-corrected chi connectivity index (χ0v) is 16.8. The van der Waals surface area contributed by atoms with Gasteiger partial charge in [0.05, 0.1) is 0 Å². The normalized spacial score (nSPS) is 20.3. The molecule has 28 heavy (non-hydrogen) atoms. The molecular formula is C18H25FN6O2S. The molecule has 1 aliphatic rings. The molecule has 2 N–H and O–H groups in total. The van der Waals surface area contributed by atoms with Crippen molar-refractivity contribution < 1.29 is 12.8 Å². The first-order chi connectivity index (χ1) is 13.3. The van der Waals surface area contributed by atoms with Crippen LogP contribution in [0.2, 0.25) is 0 Å². The summed E-state index contributed by atoms with van der Waals surface area (Å²) in [5.74, 6) is 0.981. The summed E-state index contributed by atoms with van der Waals surface area (Å²) in [6.07, 6.45) is 6.79. The quantitative estimate of drug-likeness (QED) is 0.730. The highest BCUT2D eigenvalue weighted by molar-refractivity contribution is 7.87. The van der Waals surface area contributed by atoms with E-state index in [1.807, 2.05) is 6.07 Å². The summed E-state index contributed by atoms with van der Waals surface area (Å²) in [5, 5.41) is 2.93. The molecule has 8 nitrogen and oxygen atoms in total. The van der Waals surface area contributed by atoms with Gasteiger partial charge in [0.15, 0.2) is 0 Å². The van der Waals surface area contributed by atoms with Gasteiger partial charge < -0.3 is 5.32 Å². The third-order valence-electron chi connectivity index (χ3n) is 4.94. The van der Waals surface area contributed by atoms with Crippen LogP contribution in [0.1, 0.15) is 37.3 Å². The van der Waals surface area contributed by atoms with Crippen molar-refractivity contribution in [1.29, 1.82) is 0 Å². The van der Waals surface area contributed by atoms with Gasteiger partial charge in [0.1, 0.15) is 11.6 Å². The monoisotopic (exact) mass is 408 g/mol. The lowest BCUT2D eigenvalue weighted by molar-refractivity contribution is 0.321. The van der Waals surface area contributed by atoms with Crippen LogP contribution in [0.25, 0.3) is 0 Å². The van der Waals surface area contributed by atoms with Gasteiger partial charge in [-0.2, -0.15) is 12.7 Å². The summed E-state index contributed by atoms with van der Waals surface area (Å²) < 4.78 is 40.8. The molecular weight excluding hydrogens is 383 g/mol. The van der Waals surface area contributed by atoms with E-state index in [0.29, 0.717) is 30.1 Å². The first-order valence-corrected chi connectivity index (χ1v) is 10.7. The van der Waals surface area contributed by atoms with Crippen molar-refractivity contribution in [2.75, 3.05) is 26.0 Å². The molecule has 0 unspecified atom stereocenters. The summed E-state index contributed by atoms with van der Waals surface area (Å²) in [4.78, 5) is 12.8. The van der Waals surface area contributed by atoms with Crippen LogP contribution in [0.15, 0.2) is 30.6 Å². The van der Waals surface area contributed by atoms with Gasteiger partial charge in [-0.25, -0.2) is 24.1 Å². The molecule has 0 radical (unpaired) electrons. The summed E-state index contributed by atoms with van der Waals surface area (Å²) in [6.45, 7) is 0.453. The molecule has 0 amide bonds. The largest absolute Gasteiger partial charge is 0.309 e. The SMILES string of the molecule is CN(C)S(=O)(=O)NCC1CCC(c2ccnc(Nc3cc(F)ccn3)n2)CC1. The van der Waals surface area contributed by atoms with Crippen LogP contribution in [0.4, 0.5) is 16.2 Å². The summed E-state index contributed by atoms with van der Waals surface area (Å²) in [6, 6.07) is 4.46. The number of nitrogens with one attached hydrogen (secondary N) is 2. The second-order valence-electron chi connectivity index (χ2n) is 7.14. The molecule has 0 saturated heterocycles. The third-order valence-corrected chi connectivity index (χ3v) is 6.43. The Balaban J connectivity index is 1.56. The first kappa shape index (κ1) is 20.6. The second-order valence-corrected chi connectivity index (χ2v) is 9.11. The molecule has 0 aliphatic heterocycles. The van der Waals surface area contributed by atoms with E-state index in [9.17, 15) is 12.8 Å². The van der Waals surface area contributed by atoms with E-state index < -0.39 is 10.2 Å². The standard InChI is InChI=1S/C18H25FN6O2S/c1-25(2)28(26,27)22-12-13-3-5-14(6-4-13)16-8-10-21-18(23-16)24-17-11-15(19)7-9-20-17/h7-11,13-14,22H,3-6,12H2,1-2H3,(H,20,21,23,24). The fourth-order valence-corrected chi connectivity index (χ4v) is 3.97. The summed E-state index contributed by atoms with van der Waals surface area (Å²) in [7, 11) is -0.353. The lowest BCUT2D eigenvalue weighted by atomic mass is 9.80. The average molecular weight is 409 g/mol. The number of nitrogens with zero attached hydrogens (tertiary/aromatic N) is 4. The van der Waals surface area contributed by atoms with Crippen molar-refractivity contribution >= 4 is 22.0 Å². The Bertz CT molecular complexity index is 900. The molecule has 0 spiro atoms. The molecule has 2 aromatic heterocycles. The van der Waals surface area contributed by atoms with E-state index in [1.54, 1.807) is 6.20 Å². The highest BCUT2D eigenvalue weighted by Crippen LogP contribution is 2.35. The van der Waals surface area contributed by atoms with Crippen LogP contribution >= 0.6 is 0 Å². The van der Waals surface area contributed by atoms with E-state index in [4.69, 9.17) is 0 Å². The number of anilines is 2. The van der Waals surface area contributed by atoms with Crippen LogP contribution < -0.4 is 10.0 Å². The Morgan fingerprint density at radius 1 is 1.14 bits per heavy atom. The lowest BCUT2D eigenvalue weighted by Crippen LogP contribution is -2.38. The summed E-state index contributed by atoms with van der Waals surface area (Å²) in [5.41, 5.74) is 0.932. The van der Waals surface area contributed by atoms with Gasteiger partial charge in [-0.1, -0.05) is 0 Å². The van der Waals surface area contributed by atoms with Crippen LogP contribution in [0.3, 0.4) is 0 Å². The average Bonchev–Trinajstić information content (AvgIpc) is 2.67. The van der Waals surface area contributed by atoms with Gasteiger partial charge in [0.2, 0.25) is 5.95 Å². The zero-order chi connectivity index (χ0) is 20.1. The molecule has 10 heteroatoms. The van der Waals surface area contributed by atoms with Crippen LogP contribution in [-0.2, 0) is 10.2 Å². The zero-order valence-electron chi connectivity index (χ0n) is 16.0. The Morgan fingerprint density at radius 3 is 2.54 bits per heavy atom. The van der Waals surface area contributed by atoms with Crippen molar-refractivity contribution in [2.45, 2.75) is 31.6 Å². The second kappa shape index (κ2) is 8.89. The van der Waals surface area contributed by atoms with Crippen LogP contribution in [0.5, 0.6) is 0 Å². The van der Waals surface area contributed by atoms with Crippen molar-refractivity contribution in [3.8, 4) is 0 Å². The number of hydrogen-bond acceptors (Lipinski definition) is 6. The van der Waals surface area contributed by atoms with Gasteiger partial charge in [0, 0.05) is 50.7 Å². The Morgan fingerprint density at radius 2 is 1.86 bits per heavy atom. The molecule has 152 valence electrons. The predicted octanol–water partition coefficient (Wildman–Crippen LogP) is 2.42. The van der Waals surface area contributed by atoms with E-state index in [1.165, 1.54) is 36.7 Å². The van der Waals surface area contributed by atoms with Gasteiger partial charge in [-0.3, -0.25) is 0 Å². The maximum absolute atomic E-state index is 13.3. The maximum Gasteiger partial charge on any atom is 0.278 e. The van der Waals surface area contributed by atoms with E-state index in [-0.39, 0.29) is 5.82 Å². The molecule has 1 saturated carbocycles. The Labute approximate surface area is 164 Å². The molecule has 2 aromatic rings. The Hall–Kier alpha value is -2.17. The molecule has 1 fully saturated rings. The number of rotatable bonds is 7. The highest BCUT2D eigenvalue weighted by Gasteiger charge is 2.25. The maximum atomic E-state index is 13.3. The van der Waals surface area contributed by atoms with Crippen molar-refractivity contribution in [2.24, 2.45) is 5.92 Å². The molecule has 1 aliphatic carbocycles. The van der Waals surface area contributed by atoms with E-state index in [0.717, 1.165) is 31.4 Å². The number of pyridine rings is 1. The van der Waals surface area contributed by atoms with E-state index in [2.05, 4.69) is 25.0 Å². The predicted molar refractivity (Wildman–Crippen MR) is 105 cm³/mol.